The molecule has 11 heteroatoms. The van der Waals surface area contributed by atoms with Crippen LogP contribution in [0.4, 0.5) is 32.3 Å². The third-order valence-corrected chi connectivity index (χ3v) is 6.49. The third-order valence-electron chi connectivity index (χ3n) is 6.49. The lowest BCUT2D eigenvalue weighted by atomic mass is 9.81. The topological polar surface area (TPSA) is 59.1 Å². The molecule has 1 fully saturated rings. The summed E-state index contributed by atoms with van der Waals surface area (Å²) in [6.07, 6.45) is -6.28. The lowest BCUT2D eigenvalue weighted by Gasteiger charge is -2.42. The van der Waals surface area contributed by atoms with E-state index >= 15 is 0 Å². The number of nitrogens with zero attached hydrogens (tertiary/aromatic N) is 2. The molecule has 3 aromatic rings. The molecule has 1 saturated heterocycles. The van der Waals surface area contributed by atoms with Crippen molar-refractivity contribution in [1.82, 2.24) is 15.3 Å². The van der Waals surface area contributed by atoms with Gasteiger partial charge >= 0.3 is 12.4 Å². The predicted molar refractivity (Wildman–Crippen MR) is 126 cm³/mol. The van der Waals surface area contributed by atoms with Crippen molar-refractivity contribution in [3.05, 3.63) is 89.2 Å². The van der Waals surface area contributed by atoms with Crippen molar-refractivity contribution in [2.75, 3.05) is 18.5 Å². The zero-order chi connectivity index (χ0) is 26.7. The predicted octanol–water partition coefficient (Wildman–Crippen LogP) is 6.35. The van der Waals surface area contributed by atoms with Gasteiger partial charge in [0.1, 0.15) is 0 Å². The molecule has 1 aliphatic rings. The van der Waals surface area contributed by atoms with Gasteiger partial charge in [0.25, 0.3) is 0 Å². The normalized spacial score (nSPS) is 21.4. The Bertz CT molecular complexity index is 1130. The molecule has 0 amide bonds. The first kappa shape index (κ1) is 26.9. The molecule has 2 aromatic carbocycles. The lowest BCUT2D eigenvalue weighted by molar-refractivity contribution is -0.143. The van der Waals surface area contributed by atoms with Gasteiger partial charge in [-0.1, -0.05) is 30.3 Å². The van der Waals surface area contributed by atoms with Crippen LogP contribution >= 0.6 is 0 Å². The molecule has 2 heterocycles. The van der Waals surface area contributed by atoms with Gasteiger partial charge in [0.05, 0.1) is 29.4 Å². The van der Waals surface area contributed by atoms with Gasteiger partial charge in [-0.15, -0.1) is 0 Å². The van der Waals surface area contributed by atoms with Gasteiger partial charge in [-0.3, -0.25) is 0 Å². The summed E-state index contributed by atoms with van der Waals surface area (Å²) in [5.41, 5.74) is -2.69. The number of halogens is 6. The Hall–Kier alpha value is -3.18. The molecule has 4 rings (SSSR count). The number of hydrogen-bond acceptors (Lipinski definition) is 5. The number of nitrogens with one attached hydrogen (secondary N) is 2. The summed E-state index contributed by atoms with van der Waals surface area (Å²) in [6.45, 7) is 2.02. The van der Waals surface area contributed by atoms with Crippen molar-refractivity contribution in [1.29, 1.82) is 0 Å². The van der Waals surface area contributed by atoms with Crippen molar-refractivity contribution in [3.63, 3.8) is 0 Å². The highest BCUT2D eigenvalue weighted by atomic mass is 19.4. The van der Waals surface area contributed by atoms with E-state index in [0.717, 1.165) is 5.56 Å². The van der Waals surface area contributed by atoms with E-state index < -0.39 is 35.1 Å². The van der Waals surface area contributed by atoms with Crippen LogP contribution in [0.15, 0.2) is 67.0 Å². The van der Waals surface area contributed by atoms with E-state index in [2.05, 4.69) is 20.6 Å². The largest absolute Gasteiger partial charge is 0.416 e. The van der Waals surface area contributed by atoms with E-state index in [-0.39, 0.29) is 24.3 Å². The number of aromatic nitrogens is 2. The van der Waals surface area contributed by atoms with Crippen LogP contribution in [0.3, 0.4) is 0 Å². The molecule has 3 atom stereocenters. The Labute approximate surface area is 210 Å². The summed E-state index contributed by atoms with van der Waals surface area (Å²) in [6, 6.07) is 12.7. The number of rotatable bonds is 7. The van der Waals surface area contributed by atoms with E-state index in [1.54, 1.807) is 18.5 Å². The highest BCUT2D eigenvalue weighted by molar-refractivity contribution is 5.35. The number of hydrogen-bond donors (Lipinski definition) is 2. The maximum atomic E-state index is 13.3. The maximum absolute atomic E-state index is 13.3. The third kappa shape index (κ3) is 6.58. The molecule has 0 radical (unpaired) electrons. The van der Waals surface area contributed by atoms with E-state index in [4.69, 9.17) is 4.74 Å². The quantitative estimate of drug-likeness (QED) is 0.353. The van der Waals surface area contributed by atoms with Crippen LogP contribution in [0.5, 0.6) is 0 Å². The number of benzene rings is 2. The highest BCUT2D eigenvalue weighted by Gasteiger charge is 2.39. The second-order valence-corrected chi connectivity index (χ2v) is 9.07. The van der Waals surface area contributed by atoms with Gasteiger partial charge in [-0.2, -0.15) is 26.3 Å². The molecular formula is C26H26F6N4O. The lowest BCUT2D eigenvalue weighted by Crippen LogP contribution is -2.55. The van der Waals surface area contributed by atoms with Crippen LogP contribution in [-0.4, -0.2) is 29.2 Å². The number of piperidine rings is 1. The monoisotopic (exact) mass is 524 g/mol. The first-order valence-electron chi connectivity index (χ1n) is 11.7. The summed E-state index contributed by atoms with van der Waals surface area (Å²) >= 11 is 0. The van der Waals surface area contributed by atoms with Gasteiger partial charge in [-0.05, 0) is 55.2 Å². The summed E-state index contributed by atoms with van der Waals surface area (Å²) in [5, 5.41) is 6.76. The summed E-state index contributed by atoms with van der Waals surface area (Å²) in [4.78, 5) is 8.35. The maximum Gasteiger partial charge on any atom is 0.416 e. The number of alkyl halides is 6. The second kappa shape index (κ2) is 10.7. The van der Waals surface area contributed by atoms with E-state index in [1.807, 2.05) is 30.3 Å². The standard InChI is InChI=1S/C26H26F6N4O/c1-17(18-12-20(25(27,28)29)14-21(13-18)26(30,31)32)37-16-24(19-6-3-2-4-7-19)9-8-22(15-35-24)36-23-33-10-5-11-34-23/h2-7,10-14,17,22,35H,8-9,15-16H2,1H3,(H,33,34,36)/t17?,22?,24-/m1/s1. The van der Waals surface area contributed by atoms with Crippen LogP contribution in [-0.2, 0) is 22.6 Å². The minimum absolute atomic E-state index is 0.0227. The van der Waals surface area contributed by atoms with E-state index in [9.17, 15) is 26.3 Å². The Morgan fingerprint density at radius 1 is 0.973 bits per heavy atom. The summed E-state index contributed by atoms with van der Waals surface area (Å²) in [5.74, 6) is 0.497. The fraction of sp³-hybridized carbons (Fsp3) is 0.385. The molecule has 198 valence electrons. The van der Waals surface area contributed by atoms with E-state index in [1.165, 1.54) is 6.92 Å². The van der Waals surface area contributed by atoms with Crippen molar-refractivity contribution >= 4 is 5.95 Å². The smallest absolute Gasteiger partial charge is 0.372 e. The Kier molecular flexibility index (Phi) is 7.75. The Balaban J connectivity index is 1.53. The fourth-order valence-electron chi connectivity index (χ4n) is 4.40. The zero-order valence-corrected chi connectivity index (χ0v) is 19.9. The number of ether oxygens (including phenoxy) is 1. The van der Waals surface area contributed by atoms with Crippen molar-refractivity contribution in [2.24, 2.45) is 0 Å². The first-order chi connectivity index (χ1) is 17.5. The van der Waals surface area contributed by atoms with Crippen molar-refractivity contribution in [3.8, 4) is 0 Å². The van der Waals surface area contributed by atoms with Gasteiger partial charge in [-0.25, -0.2) is 9.97 Å². The average Bonchev–Trinajstić information content (AvgIpc) is 2.88. The summed E-state index contributed by atoms with van der Waals surface area (Å²) < 4.78 is 85.9. The fourth-order valence-corrected chi connectivity index (χ4v) is 4.40. The van der Waals surface area contributed by atoms with Gasteiger partial charge in [0, 0.05) is 25.0 Å². The van der Waals surface area contributed by atoms with Gasteiger partial charge < -0.3 is 15.4 Å². The van der Waals surface area contributed by atoms with Crippen LogP contribution in [0.25, 0.3) is 0 Å². The Morgan fingerprint density at radius 2 is 1.59 bits per heavy atom. The molecule has 0 aliphatic carbocycles. The van der Waals surface area contributed by atoms with Crippen molar-refractivity contribution < 1.29 is 31.1 Å². The zero-order valence-electron chi connectivity index (χ0n) is 19.9. The summed E-state index contributed by atoms with van der Waals surface area (Å²) in [7, 11) is 0. The Morgan fingerprint density at radius 3 is 2.14 bits per heavy atom. The molecule has 0 spiro atoms. The van der Waals surface area contributed by atoms with Crippen LogP contribution in [0.1, 0.15) is 48.1 Å². The van der Waals surface area contributed by atoms with Gasteiger partial charge in [0.2, 0.25) is 5.95 Å². The average molecular weight is 525 g/mol. The molecule has 1 aliphatic heterocycles. The van der Waals surface area contributed by atoms with E-state index in [0.29, 0.717) is 37.5 Å². The molecule has 5 nitrogen and oxygen atoms in total. The van der Waals surface area contributed by atoms with Crippen LogP contribution < -0.4 is 10.6 Å². The first-order valence-corrected chi connectivity index (χ1v) is 11.7. The van der Waals surface area contributed by atoms with Gasteiger partial charge in [0.15, 0.2) is 0 Å². The minimum atomic E-state index is -4.92. The minimum Gasteiger partial charge on any atom is -0.372 e. The molecule has 2 unspecified atom stereocenters. The van der Waals surface area contributed by atoms with Crippen LogP contribution in [0, 0.1) is 0 Å². The molecule has 1 aromatic heterocycles. The second-order valence-electron chi connectivity index (χ2n) is 9.07. The highest BCUT2D eigenvalue weighted by Crippen LogP contribution is 2.39. The molecule has 0 bridgehead atoms. The van der Waals surface area contributed by atoms with Crippen molar-refractivity contribution in [2.45, 2.75) is 49.8 Å². The number of anilines is 1. The molecule has 0 saturated carbocycles. The molecule has 37 heavy (non-hydrogen) atoms. The molecular weight excluding hydrogens is 498 g/mol. The van der Waals surface area contributed by atoms with Crippen LogP contribution in [0.2, 0.25) is 0 Å². The molecule has 2 N–H and O–H groups in total. The SMILES string of the molecule is CC(OC[C@@]1(c2ccccc2)CCC(Nc2ncccn2)CN1)c1cc(C(F)(F)F)cc(C(F)(F)F)c1.